The zero-order valence-electron chi connectivity index (χ0n) is 15.7. The summed E-state index contributed by atoms with van der Waals surface area (Å²) in [4.78, 5) is 30.6. The quantitative estimate of drug-likeness (QED) is 0.815. The number of imidazole rings is 1. The lowest BCUT2D eigenvalue weighted by Crippen LogP contribution is -2.45. The van der Waals surface area contributed by atoms with Crippen LogP contribution in [0.4, 0.5) is 5.82 Å². The number of likely N-dealkylation sites (tertiary alicyclic amines) is 1. The van der Waals surface area contributed by atoms with Crippen LogP contribution in [0.15, 0.2) is 6.33 Å². The third-order valence-corrected chi connectivity index (χ3v) is 5.31. The number of esters is 1. The summed E-state index contributed by atoms with van der Waals surface area (Å²) in [7, 11) is 0. The minimum atomic E-state index is -0.502. The molecule has 8 nitrogen and oxygen atoms in total. The number of nitrogen functional groups attached to an aromatic ring is 1. The number of piperidine rings is 1. The average molecular weight is 364 g/mol. The number of aromatic nitrogens is 2. The highest BCUT2D eigenvalue weighted by molar-refractivity contribution is 5.92. The van der Waals surface area contributed by atoms with E-state index in [1.807, 2.05) is 16.4 Å². The van der Waals surface area contributed by atoms with Crippen LogP contribution < -0.4 is 5.73 Å². The van der Waals surface area contributed by atoms with Crippen LogP contribution in [0.25, 0.3) is 0 Å². The van der Waals surface area contributed by atoms with E-state index in [1.165, 1.54) is 0 Å². The largest absolute Gasteiger partial charge is 0.461 e. The van der Waals surface area contributed by atoms with Crippen molar-refractivity contribution in [1.29, 1.82) is 0 Å². The van der Waals surface area contributed by atoms with E-state index in [1.54, 1.807) is 13.3 Å². The molecule has 2 saturated heterocycles. The molecular weight excluding hydrogens is 336 g/mol. The van der Waals surface area contributed by atoms with E-state index < -0.39 is 5.97 Å². The molecule has 0 bridgehead atoms. The fourth-order valence-electron chi connectivity index (χ4n) is 3.95. The molecule has 1 amide bonds. The third kappa shape index (κ3) is 3.56. The SMILES string of the molecule is CCOC(=O)c1ncn(C2CCN(C(=O)[C@@H]3O[C@H](C)C[C@H]3C)CC2)c1N. The fourth-order valence-corrected chi connectivity index (χ4v) is 3.95. The van der Waals surface area contributed by atoms with E-state index >= 15 is 0 Å². The molecular formula is C18H28N4O4. The molecule has 1 aromatic rings. The summed E-state index contributed by atoms with van der Waals surface area (Å²) in [6.45, 7) is 7.41. The van der Waals surface area contributed by atoms with Gasteiger partial charge >= 0.3 is 5.97 Å². The van der Waals surface area contributed by atoms with Gasteiger partial charge in [-0.15, -0.1) is 0 Å². The standard InChI is InChI=1S/C18H28N4O4/c1-4-25-18(24)14-16(19)22(10-20-14)13-5-7-21(8-6-13)17(23)15-11(2)9-12(3)26-15/h10-13,15H,4-9,19H2,1-3H3/t11-,12-,15-/m1/s1. The molecule has 1 aromatic heterocycles. The topological polar surface area (TPSA) is 99.7 Å². The van der Waals surface area contributed by atoms with E-state index in [-0.39, 0.29) is 42.4 Å². The van der Waals surface area contributed by atoms with Gasteiger partial charge in [-0.2, -0.15) is 0 Å². The van der Waals surface area contributed by atoms with Gasteiger partial charge in [0.25, 0.3) is 5.91 Å². The first kappa shape index (κ1) is 18.7. The predicted molar refractivity (Wildman–Crippen MR) is 95.6 cm³/mol. The Labute approximate surface area is 153 Å². The Morgan fingerprint density at radius 1 is 1.35 bits per heavy atom. The fraction of sp³-hybridized carbons (Fsp3) is 0.722. The van der Waals surface area contributed by atoms with E-state index in [0.717, 1.165) is 19.3 Å². The number of anilines is 1. The van der Waals surface area contributed by atoms with Gasteiger partial charge in [0.15, 0.2) is 5.69 Å². The Balaban J connectivity index is 1.60. The summed E-state index contributed by atoms with van der Waals surface area (Å²) in [6, 6.07) is 0.121. The van der Waals surface area contributed by atoms with Crippen molar-refractivity contribution in [1.82, 2.24) is 14.5 Å². The zero-order chi connectivity index (χ0) is 18.8. The number of carbonyl (C=O) groups excluding carboxylic acids is 2. The van der Waals surface area contributed by atoms with Crippen LogP contribution in [0.3, 0.4) is 0 Å². The first-order valence-corrected chi connectivity index (χ1v) is 9.36. The maximum Gasteiger partial charge on any atom is 0.360 e. The second-order valence-corrected chi connectivity index (χ2v) is 7.24. The first-order valence-electron chi connectivity index (χ1n) is 9.36. The molecule has 3 atom stereocenters. The Morgan fingerprint density at radius 3 is 2.62 bits per heavy atom. The van der Waals surface area contributed by atoms with Gasteiger partial charge < -0.3 is 24.7 Å². The molecule has 8 heteroatoms. The number of amides is 1. The van der Waals surface area contributed by atoms with Crippen molar-refractivity contribution < 1.29 is 19.1 Å². The van der Waals surface area contributed by atoms with Crippen LogP contribution >= 0.6 is 0 Å². The molecule has 26 heavy (non-hydrogen) atoms. The summed E-state index contributed by atoms with van der Waals surface area (Å²) < 4.78 is 12.6. The van der Waals surface area contributed by atoms with E-state index in [2.05, 4.69) is 11.9 Å². The van der Waals surface area contributed by atoms with Gasteiger partial charge in [-0.25, -0.2) is 9.78 Å². The van der Waals surface area contributed by atoms with Crippen LogP contribution in [0, 0.1) is 5.92 Å². The summed E-state index contributed by atoms with van der Waals surface area (Å²) in [5.41, 5.74) is 6.25. The average Bonchev–Trinajstić information content (AvgIpc) is 3.16. The summed E-state index contributed by atoms with van der Waals surface area (Å²) >= 11 is 0. The van der Waals surface area contributed by atoms with Gasteiger partial charge in [-0.1, -0.05) is 6.92 Å². The van der Waals surface area contributed by atoms with E-state index in [0.29, 0.717) is 18.9 Å². The lowest BCUT2D eigenvalue weighted by molar-refractivity contribution is -0.145. The highest BCUT2D eigenvalue weighted by atomic mass is 16.5. The van der Waals surface area contributed by atoms with Gasteiger partial charge in [-0.3, -0.25) is 4.79 Å². The Bertz CT molecular complexity index is 666. The Morgan fingerprint density at radius 2 is 2.04 bits per heavy atom. The molecule has 0 spiro atoms. The number of carbonyl (C=O) groups is 2. The Kier molecular flexibility index (Phi) is 5.50. The minimum absolute atomic E-state index is 0.0890. The molecule has 0 aromatic carbocycles. The predicted octanol–water partition coefficient (Wildman–Crippen LogP) is 1.62. The van der Waals surface area contributed by atoms with Gasteiger partial charge in [0.05, 0.1) is 19.0 Å². The van der Waals surface area contributed by atoms with Crippen molar-refractivity contribution in [2.24, 2.45) is 5.92 Å². The monoisotopic (exact) mass is 364 g/mol. The van der Waals surface area contributed by atoms with Crippen LogP contribution in [-0.4, -0.2) is 58.2 Å². The van der Waals surface area contributed by atoms with Gasteiger partial charge in [0.1, 0.15) is 11.9 Å². The van der Waals surface area contributed by atoms with Gasteiger partial charge in [0.2, 0.25) is 0 Å². The van der Waals surface area contributed by atoms with E-state index in [4.69, 9.17) is 15.2 Å². The highest BCUT2D eigenvalue weighted by Gasteiger charge is 2.38. The number of ether oxygens (including phenoxy) is 2. The molecule has 2 fully saturated rings. The first-order chi connectivity index (χ1) is 12.4. The summed E-state index contributed by atoms with van der Waals surface area (Å²) in [5, 5.41) is 0. The van der Waals surface area contributed by atoms with Crippen LogP contribution in [0.2, 0.25) is 0 Å². The lowest BCUT2D eigenvalue weighted by atomic mass is 9.99. The number of hydrogen-bond donors (Lipinski definition) is 1. The van der Waals surface area contributed by atoms with Crippen molar-refractivity contribution in [3.8, 4) is 0 Å². The van der Waals surface area contributed by atoms with Crippen molar-refractivity contribution in [3.63, 3.8) is 0 Å². The zero-order valence-corrected chi connectivity index (χ0v) is 15.7. The molecule has 0 radical (unpaired) electrons. The van der Waals surface area contributed by atoms with Crippen molar-refractivity contribution >= 4 is 17.7 Å². The van der Waals surface area contributed by atoms with Crippen LogP contribution in [-0.2, 0) is 14.3 Å². The number of nitrogens with zero attached hydrogens (tertiary/aromatic N) is 3. The lowest BCUT2D eigenvalue weighted by Gasteiger charge is -2.34. The number of hydrogen-bond acceptors (Lipinski definition) is 6. The normalized spacial score (nSPS) is 26.9. The second kappa shape index (κ2) is 7.65. The maximum absolute atomic E-state index is 12.7. The minimum Gasteiger partial charge on any atom is -0.461 e. The number of rotatable bonds is 4. The molecule has 2 N–H and O–H groups in total. The van der Waals surface area contributed by atoms with Crippen molar-refractivity contribution in [2.45, 2.75) is 58.3 Å². The number of nitrogens with two attached hydrogens (primary N) is 1. The van der Waals surface area contributed by atoms with Crippen LogP contribution in [0.5, 0.6) is 0 Å². The molecule has 2 aliphatic rings. The third-order valence-electron chi connectivity index (χ3n) is 5.31. The molecule has 3 heterocycles. The smallest absolute Gasteiger partial charge is 0.360 e. The van der Waals surface area contributed by atoms with Crippen LogP contribution in [0.1, 0.15) is 56.6 Å². The van der Waals surface area contributed by atoms with Crippen molar-refractivity contribution in [3.05, 3.63) is 12.0 Å². The second-order valence-electron chi connectivity index (χ2n) is 7.24. The summed E-state index contributed by atoms with van der Waals surface area (Å²) in [6.07, 6.45) is 3.87. The molecule has 0 saturated carbocycles. The molecule has 144 valence electrons. The van der Waals surface area contributed by atoms with Gasteiger partial charge in [0, 0.05) is 19.1 Å². The van der Waals surface area contributed by atoms with Gasteiger partial charge in [-0.05, 0) is 39.0 Å². The molecule has 3 rings (SSSR count). The maximum atomic E-state index is 12.7. The van der Waals surface area contributed by atoms with E-state index in [9.17, 15) is 9.59 Å². The van der Waals surface area contributed by atoms with Crippen molar-refractivity contribution in [2.75, 3.05) is 25.4 Å². The Hall–Kier alpha value is -2.09. The highest BCUT2D eigenvalue weighted by Crippen LogP contribution is 2.31. The molecule has 2 aliphatic heterocycles. The molecule has 0 unspecified atom stereocenters. The summed E-state index contributed by atoms with van der Waals surface area (Å²) in [5.74, 6) is 0.172. The molecule has 0 aliphatic carbocycles.